The third-order valence-corrected chi connectivity index (χ3v) is 5.31. The number of aromatic nitrogens is 2. The van der Waals surface area contributed by atoms with Gasteiger partial charge in [-0.15, -0.1) is 11.8 Å². The molecular formula is C17H19N5O3S2. The van der Waals surface area contributed by atoms with Gasteiger partial charge in [0.2, 0.25) is 11.8 Å². The number of carbonyl (C=O) groups is 2. The molecule has 2 amide bonds. The van der Waals surface area contributed by atoms with E-state index in [1.165, 1.54) is 11.8 Å². The predicted molar refractivity (Wildman–Crippen MR) is 108 cm³/mol. The fraction of sp³-hybridized carbons (Fsp3) is 0.294. The Bertz CT molecular complexity index is 891. The van der Waals surface area contributed by atoms with Crippen molar-refractivity contribution in [2.45, 2.75) is 6.92 Å². The minimum absolute atomic E-state index is 0.115. The Balaban J connectivity index is 1.27. The molecule has 2 aromatic heterocycles. The van der Waals surface area contributed by atoms with Crippen LogP contribution in [-0.2, 0) is 9.59 Å². The Morgan fingerprint density at radius 1 is 1.19 bits per heavy atom. The minimum atomic E-state index is -0.224. The van der Waals surface area contributed by atoms with Crippen LogP contribution in [0.1, 0.15) is 5.76 Å². The van der Waals surface area contributed by atoms with E-state index in [4.69, 9.17) is 4.52 Å². The van der Waals surface area contributed by atoms with E-state index in [0.717, 1.165) is 15.3 Å². The fourth-order valence-electron chi connectivity index (χ4n) is 2.21. The molecule has 0 atom stereocenters. The van der Waals surface area contributed by atoms with Gasteiger partial charge in [0.05, 0.1) is 21.7 Å². The van der Waals surface area contributed by atoms with Gasteiger partial charge in [-0.1, -0.05) is 28.6 Å². The van der Waals surface area contributed by atoms with Crippen LogP contribution in [-0.4, -0.2) is 46.6 Å². The maximum atomic E-state index is 11.8. The van der Waals surface area contributed by atoms with E-state index in [0.29, 0.717) is 24.7 Å². The van der Waals surface area contributed by atoms with Crippen molar-refractivity contribution < 1.29 is 14.1 Å². The van der Waals surface area contributed by atoms with Gasteiger partial charge < -0.3 is 20.5 Å². The average molecular weight is 406 g/mol. The lowest BCUT2D eigenvalue weighted by Crippen LogP contribution is -2.30. The lowest BCUT2D eigenvalue weighted by Gasteiger charge is -2.06. The summed E-state index contributed by atoms with van der Waals surface area (Å²) < 4.78 is 5.99. The Labute approximate surface area is 164 Å². The van der Waals surface area contributed by atoms with Crippen LogP contribution in [0.25, 0.3) is 10.2 Å². The van der Waals surface area contributed by atoms with Gasteiger partial charge in [0, 0.05) is 19.2 Å². The molecule has 27 heavy (non-hydrogen) atoms. The van der Waals surface area contributed by atoms with Crippen molar-refractivity contribution in [1.29, 1.82) is 0 Å². The Hall–Kier alpha value is -2.59. The van der Waals surface area contributed by atoms with Crippen molar-refractivity contribution in [1.82, 2.24) is 15.5 Å². The van der Waals surface area contributed by atoms with E-state index in [2.05, 4.69) is 26.1 Å². The number of fused-ring (bicyclic) bond motifs is 1. The van der Waals surface area contributed by atoms with Crippen LogP contribution >= 0.6 is 23.1 Å². The smallest absolute Gasteiger partial charge is 0.235 e. The summed E-state index contributed by atoms with van der Waals surface area (Å²) in [6.07, 6.45) is 0. The number of hydrogen-bond donors (Lipinski definition) is 3. The molecule has 1 aromatic carbocycles. The van der Waals surface area contributed by atoms with Crippen LogP contribution in [0, 0.1) is 6.92 Å². The molecule has 0 fully saturated rings. The molecule has 0 bridgehead atoms. The van der Waals surface area contributed by atoms with Crippen LogP contribution in [0.5, 0.6) is 0 Å². The third kappa shape index (κ3) is 5.97. The standard InChI is InChI=1S/C17H19N5O3S2/c1-11-8-14(22-25-11)21-16(24)10-26-9-15(23)18-6-7-19-17-20-12-4-2-3-5-13(12)27-17/h2-5,8H,6-7,9-10H2,1H3,(H,18,23)(H,19,20)(H,21,22,24). The van der Waals surface area contributed by atoms with Crippen LogP contribution in [0.3, 0.4) is 0 Å². The molecule has 3 N–H and O–H groups in total. The Kier molecular flexibility index (Phi) is 6.66. The van der Waals surface area contributed by atoms with Crippen molar-refractivity contribution in [2.24, 2.45) is 0 Å². The van der Waals surface area contributed by atoms with Gasteiger partial charge in [-0.3, -0.25) is 9.59 Å². The summed E-state index contributed by atoms with van der Waals surface area (Å²) in [4.78, 5) is 28.0. The molecule has 10 heteroatoms. The fourth-order valence-corrected chi connectivity index (χ4v) is 3.75. The summed E-state index contributed by atoms with van der Waals surface area (Å²) in [6.45, 7) is 2.81. The van der Waals surface area contributed by atoms with E-state index in [1.54, 1.807) is 24.3 Å². The molecule has 0 aliphatic heterocycles. The minimum Gasteiger partial charge on any atom is -0.360 e. The molecule has 0 saturated carbocycles. The first-order valence-electron chi connectivity index (χ1n) is 8.27. The van der Waals surface area contributed by atoms with Crippen LogP contribution in [0.4, 0.5) is 10.9 Å². The second kappa shape index (κ2) is 9.38. The van der Waals surface area contributed by atoms with Crippen LogP contribution < -0.4 is 16.0 Å². The van der Waals surface area contributed by atoms with Crippen molar-refractivity contribution >= 4 is 56.1 Å². The Morgan fingerprint density at radius 3 is 2.78 bits per heavy atom. The van der Waals surface area contributed by atoms with E-state index < -0.39 is 0 Å². The summed E-state index contributed by atoms with van der Waals surface area (Å²) in [5.41, 5.74) is 0.962. The summed E-state index contributed by atoms with van der Waals surface area (Å²) in [5.74, 6) is 1.05. The van der Waals surface area contributed by atoms with Gasteiger partial charge in [-0.2, -0.15) is 0 Å². The van der Waals surface area contributed by atoms with Crippen molar-refractivity contribution in [3.05, 3.63) is 36.1 Å². The first kappa shape index (κ1) is 19.2. The van der Waals surface area contributed by atoms with E-state index in [1.807, 2.05) is 24.3 Å². The SMILES string of the molecule is Cc1cc(NC(=O)CSCC(=O)NCCNc2nc3ccccc3s2)no1. The highest BCUT2D eigenvalue weighted by Crippen LogP contribution is 2.24. The molecule has 3 rings (SSSR count). The molecule has 3 aromatic rings. The molecule has 0 aliphatic carbocycles. The molecule has 0 aliphatic rings. The van der Waals surface area contributed by atoms with Gasteiger partial charge in [-0.25, -0.2) is 4.98 Å². The lowest BCUT2D eigenvalue weighted by atomic mass is 10.3. The zero-order chi connectivity index (χ0) is 19.1. The summed E-state index contributed by atoms with van der Waals surface area (Å²) in [6, 6.07) is 9.56. The normalized spacial score (nSPS) is 10.7. The summed E-state index contributed by atoms with van der Waals surface area (Å²) in [7, 11) is 0. The van der Waals surface area contributed by atoms with E-state index >= 15 is 0 Å². The number of aryl methyl sites for hydroxylation is 1. The third-order valence-electron chi connectivity index (χ3n) is 3.38. The van der Waals surface area contributed by atoms with E-state index in [-0.39, 0.29) is 23.3 Å². The van der Waals surface area contributed by atoms with Gasteiger partial charge in [0.25, 0.3) is 0 Å². The lowest BCUT2D eigenvalue weighted by molar-refractivity contribution is -0.118. The first-order valence-corrected chi connectivity index (χ1v) is 10.2. The highest BCUT2D eigenvalue weighted by atomic mass is 32.2. The number of anilines is 2. The number of thiazole rings is 1. The molecule has 142 valence electrons. The number of thioether (sulfide) groups is 1. The molecular weight excluding hydrogens is 386 g/mol. The van der Waals surface area contributed by atoms with Crippen LogP contribution in [0.15, 0.2) is 34.9 Å². The number of amides is 2. The summed E-state index contributed by atoms with van der Waals surface area (Å²) >= 11 is 2.82. The topological polar surface area (TPSA) is 109 Å². The molecule has 0 saturated heterocycles. The highest BCUT2D eigenvalue weighted by molar-refractivity contribution is 8.00. The zero-order valence-corrected chi connectivity index (χ0v) is 16.3. The average Bonchev–Trinajstić information content (AvgIpc) is 3.24. The van der Waals surface area contributed by atoms with Gasteiger partial charge in [-0.05, 0) is 19.1 Å². The summed E-state index contributed by atoms with van der Waals surface area (Å²) in [5, 5.41) is 13.1. The quantitative estimate of drug-likeness (QED) is 0.469. The number of hydrogen-bond acceptors (Lipinski definition) is 8. The zero-order valence-electron chi connectivity index (χ0n) is 14.7. The maximum Gasteiger partial charge on any atom is 0.235 e. The number of nitrogens with zero attached hydrogens (tertiary/aromatic N) is 2. The van der Waals surface area contributed by atoms with Crippen LogP contribution in [0.2, 0.25) is 0 Å². The second-order valence-electron chi connectivity index (χ2n) is 5.63. The molecule has 2 heterocycles. The number of nitrogens with one attached hydrogen (secondary N) is 3. The maximum absolute atomic E-state index is 11.8. The number of rotatable bonds is 9. The van der Waals surface area contributed by atoms with Gasteiger partial charge in [0.15, 0.2) is 10.9 Å². The van der Waals surface area contributed by atoms with Gasteiger partial charge >= 0.3 is 0 Å². The van der Waals surface area contributed by atoms with Crippen molar-refractivity contribution in [3.8, 4) is 0 Å². The molecule has 0 unspecified atom stereocenters. The Morgan fingerprint density at radius 2 is 2.00 bits per heavy atom. The molecule has 0 radical (unpaired) electrons. The monoisotopic (exact) mass is 405 g/mol. The molecule has 0 spiro atoms. The van der Waals surface area contributed by atoms with Crippen molar-refractivity contribution in [2.75, 3.05) is 35.2 Å². The highest BCUT2D eigenvalue weighted by Gasteiger charge is 2.08. The number of para-hydroxylation sites is 1. The first-order chi connectivity index (χ1) is 13.1. The van der Waals surface area contributed by atoms with Crippen molar-refractivity contribution in [3.63, 3.8) is 0 Å². The van der Waals surface area contributed by atoms with Gasteiger partial charge in [0.1, 0.15) is 5.76 Å². The number of carbonyl (C=O) groups excluding carboxylic acids is 2. The molecule has 8 nitrogen and oxygen atoms in total. The van der Waals surface area contributed by atoms with E-state index in [9.17, 15) is 9.59 Å². The number of benzene rings is 1. The second-order valence-corrected chi connectivity index (χ2v) is 7.64. The largest absolute Gasteiger partial charge is 0.360 e. The predicted octanol–water partition coefficient (Wildman–Crippen LogP) is 2.49.